The standard InChI is InChI=1S/C12H10N2O3/c15-9-5-8-10(12(17)11(9)16)14-7-4-2-1-3-6(7)13-8/h1-4,9,11,15-16H,5H2. The van der Waals surface area contributed by atoms with E-state index in [1.807, 2.05) is 12.1 Å². The maximum atomic E-state index is 11.8. The quantitative estimate of drug-likeness (QED) is 0.670. The molecule has 2 atom stereocenters. The first-order valence-electron chi connectivity index (χ1n) is 5.33. The van der Waals surface area contributed by atoms with Gasteiger partial charge in [-0.3, -0.25) is 4.79 Å². The van der Waals surface area contributed by atoms with Gasteiger partial charge in [0, 0.05) is 6.42 Å². The highest BCUT2D eigenvalue weighted by molar-refractivity contribution is 6.01. The summed E-state index contributed by atoms with van der Waals surface area (Å²) >= 11 is 0. The lowest BCUT2D eigenvalue weighted by Crippen LogP contribution is -2.41. The predicted octanol–water partition coefficient (Wildman–Crippen LogP) is 0.0904. The Labute approximate surface area is 96.8 Å². The molecular formula is C12H10N2O3. The molecule has 1 heterocycles. The van der Waals surface area contributed by atoms with Crippen molar-refractivity contribution in [3.8, 4) is 0 Å². The minimum absolute atomic E-state index is 0.153. The number of hydrogen-bond donors (Lipinski definition) is 2. The minimum Gasteiger partial charge on any atom is -0.390 e. The van der Waals surface area contributed by atoms with Gasteiger partial charge in [-0.1, -0.05) is 12.1 Å². The summed E-state index contributed by atoms with van der Waals surface area (Å²) in [5.74, 6) is -0.558. The summed E-state index contributed by atoms with van der Waals surface area (Å²) in [5, 5.41) is 19.0. The smallest absolute Gasteiger partial charge is 0.214 e. The number of aliphatic hydroxyl groups is 2. The third-order valence-electron chi connectivity index (χ3n) is 2.91. The highest BCUT2D eigenvalue weighted by atomic mass is 16.3. The summed E-state index contributed by atoms with van der Waals surface area (Å²) in [6.07, 6.45) is -2.33. The number of Topliss-reactive ketones (excluding diaryl/α,β-unsaturated/α-hetero) is 1. The Morgan fingerprint density at radius 3 is 2.47 bits per heavy atom. The molecule has 0 fully saturated rings. The Kier molecular flexibility index (Phi) is 2.17. The number of para-hydroxylation sites is 2. The number of carbonyl (C=O) groups excluding carboxylic acids is 1. The van der Waals surface area contributed by atoms with E-state index in [0.717, 1.165) is 0 Å². The zero-order chi connectivity index (χ0) is 12.0. The summed E-state index contributed by atoms with van der Waals surface area (Å²) in [7, 11) is 0. The number of ketones is 1. The van der Waals surface area contributed by atoms with Crippen LogP contribution < -0.4 is 0 Å². The molecule has 0 amide bonds. The van der Waals surface area contributed by atoms with Crippen LogP contribution in [0.15, 0.2) is 24.3 Å². The molecule has 17 heavy (non-hydrogen) atoms. The average molecular weight is 230 g/mol. The summed E-state index contributed by atoms with van der Waals surface area (Å²) in [6, 6.07) is 7.19. The van der Waals surface area contributed by atoms with Crippen molar-refractivity contribution in [1.29, 1.82) is 0 Å². The maximum absolute atomic E-state index is 11.8. The molecule has 5 heteroatoms. The molecule has 1 aliphatic rings. The molecule has 1 aromatic carbocycles. The van der Waals surface area contributed by atoms with Gasteiger partial charge in [-0.15, -0.1) is 0 Å². The molecule has 0 spiro atoms. The van der Waals surface area contributed by atoms with Gasteiger partial charge in [-0.05, 0) is 12.1 Å². The van der Waals surface area contributed by atoms with E-state index >= 15 is 0 Å². The largest absolute Gasteiger partial charge is 0.390 e. The van der Waals surface area contributed by atoms with Gasteiger partial charge in [0.05, 0.1) is 22.8 Å². The van der Waals surface area contributed by atoms with Crippen LogP contribution in [0.5, 0.6) is 0 Å². The second kappa shape index (κ2) is 3.58. The van der Waals surface area contributed by atoms with E-state index in [2.05, 4.69) is 9.97 Å². The van der Waals surface area contributed by atoms with Crippen LogP contribution in [0.2, 0.25) is 0 Å². The summed E-state index contributed by atoms with van der Waals surface area (Å²) in [4.78, 5) is 20.3. The van der Waals surface area contributed by atoms with Gasteiger partial charge in [-0.25, -0.2) is 9.97 Å². The van der Waals surface area contributed by atoms with Crippen LogP contribution >= 0.6 is 0 Å². The van der Waals surface area contributed by atoms with E-state index in [1.54, 1.807) is 12.1 Å². The first kappa shape index (κ1) is 10.3. The number of aliphatic hydroxyl groups excluding tert-OH is 2. The van der Waals surface area contributed by atoms with Crippen LogP contribution in [0.4, 0.5) is 0 Å². The fraction of sp³-hybridized carbons (Fsp3) is 0.250. The SMILES string of the molecule is O=C1c2nc3ccccc3nc2CC(O)C1O. The van der Waals surface area contributed by atoms with E-state index in [4.69, 9.17) is 0 Å². The first-order chi connectivity index (χ1) is 8.16. The third kappa shape index (κ3) is 1.51. The van der Waals surface area contributed by atoms with Crippen molar-refractivity contribution >= 4 is 16.8 Å². The topological polar surface area (TPSA) is 83.3 Å². The van der Waals surface area contributed by atoms with E-state index < -0.39 is 18.0 Å². The van der Waals surface area contributed by atoms with Gasteiger partial charge < -0.3 is 10.2 Å². The molecule has 0 radical (unpaired) electrons. The molecule has 2 N–H and O–H groups in total. The van der Waals surface area contributed by atoms with Crippen molar-refractivity contribution < 1.29 is 15.0 Å². The Morgan fingerprint density at radius 1 is 1.12 bits per heavy atom. The summed E-state index contributed by atoms with van der Waals surface area (Å²) < 4.78 is 0. The Hall–Kier alpha value is -1.85. The molecule has 1 aromatic heterocycles. The number of carbonyl (C=O) groups is 1. The fourth-order valence-corrected chi connectivity index (χ4v) is 2.00. The molecule has 0 saturated carbocycles. The van der Waals surface area contributed by atoms with Crippen molar-refractivity contribution in [3.63, 3.8) is 0 Å². The molecule has 2 aromatic rings. The second-order valence-electron chi connectivity index (χ2n) is 4.09. The van der Waals surface area contributed by atoms with Gasteiger partial charge in [0.25, 0.3) is 0 Å². The lowest BCUT2D eigenvalue weighted by molar-refractivity contribution is 0.0161. The minimum atomic E-state index is -1.39. The van der Waals surface area contributed by atoms with E-state index in [9.17, 15) is 15.0 Å². The predicted molar refractivity (Wildman–Crippen MR) is 59.6 cm³/mol. The highest BCUT2D eigenvalue weighted by Gasteiger charge is 2.35. The number of fused-ring (bicyclic) bond motifs is 2. The Bertz CT molecular complexity index is 612. The molecule has 0 aliphatic heterocycles. The number of benzene rings is 1. The van der Waals surface area contributed by atoms with Crippen LogP contribution in [-0.2, 0) is 6.42 Å². The molecule has 1 aliphatic carbocycles. The molecule has 0 bridgehead atoms. The van der Waals surface area contributed by atoms with Crippen LogP contribution in [-0.4, -0.2) is 38.2 Å². The molecular weight excluding hydrogens is 220 g/mol. The average Bonchev–Trinajstić information content (AvgIpc) is 2.34. The zero-order valence-electron chi connectivity index (χ0n) is 8.87. The van der Waals surface area contributed by atoms with Crippen LogP contribution in [0.3, 0.4) is 0 Å². The van der Waals surface area contributed by atoms with Crippen molar-refractivity contribution in [3.05, 3.63) is 35.7 Å². The molecule has 0 saturated heterocycles. The van der Waals surface area contributed by atoms with E-state index in [-0.39, 0.29) is 12.1 Å². The van der Waals surface area contributed by atoms with Crippen molar-refractivity contribution in [2.75, 3.05) is 0 Å². The first-order valence-corrected chi connectivity index (χ1v) is 5.33. The van der Waals surface area contributed by atoms with Crippen LogP contribution in [0.1, 0.15) is 16.2 Å². The van der Waals surface area contributed by atoms with Gasteiger partial charge in [0.15, 0.2) is 0 Å². The normalized spacial score (nSPS) is 23.8. The van der Waals surface area contributed by atoms with Gasteiger partial charge in [0.2, 0.25) is 5.78 Å². The lowest BCUT2D eigenvalue weighted by Gasteiger charge is -2.23. The maximum Gasteiger partial charge on any atom is 0.214 e. The number of hydrogen-bond acceptors (Lipinski definition) is 5. The number of aromatic nitrogens is 2. The molecule has 5 nitrogen and oxygen atoms in total. The molecule has 2 unspecified atom stereocenters. The Morgan fingerprint density at radius 2 is 1.76 bits per heavy atom. The van der Waals surface area contributed by atoms with Crippen molar-refractivity contribution in [1.82, 2.24) is 9.97 Å². The molecule has 3 rings (SSSR count). The zero-order valence-corrected chi connectivity index (χ0v) is 8.87. The summed E-state index contributed by atoms with van der Waals surface area (Å²) in [6.45, 7) is 0. The van der Waals surface area contributed by atoms with Crippen molar-refractivity contribution in [2.45, 2.75) is 18.6 Å². The van der Waals surface area contributed by atoms with E-state index in [0.29, 0.717) is 16.7 Å². The Balaban J connectivity index is 2.25. The summed E-state index contributed by atoms with van der Waals surface area (Å²) in [5.41, 5.74) is 1.92. The molecule has 86 valence electrons. The van der Waals surface area contributed by atoms with E-state index in [1.165, 1.54) is 0 Å². The number of nitrogens with zero attached hydrogens (tertiary/aromatic N) is 2. The van der Waals surface area contributed by atoms with Crippen LogP contribution in [0.25, 0.3) is 11.0 Å². The second-order valence-corrected chi connectivity index (χ2v) is 4.09. The van der Waals surface area contributed by atoms with Gasteiger partial charge >= 0.3 is 0 Å². The van der Waals surface area contributed by atoms with Gasteiger partial charge in [0.1, 0.15) is 11.8 Å². The fourth-order valence-electron chi connectivity index (χ4n) is 2.00. The highest BCUT2D eigenvalue weighted by Crippen LogP contribution is 2.21. The monoisotopic (exact) mass is 230 g/mol. The number of rotatable bonds is 0. The lowest BCUT2D eigenvalue weighted by atomic mass is 9.93. The van der Waals surface area contributed by atoms with Gasteiger partial charge in [-0.2, -0.15) is 0 Å². The third-order valence-corrected chi connectivity index (χ3v) is 2.91. The van der Waals surface area contributed by atoms with Crippen molar-refractivity contribution in [2.24, 2.45) is 0 Å². The van der Waals surface area contributed by atoms with Crippen LogP contribution in [0, 0.1) is 0 Å².